The molecule has 1 saturated carbocycles. The van der Waals surface area contributed by atoms with Crippen LogP contribution in [0.4, 0.5) is 5.69 Å². The molecule has 0 bridgehead atoms. The van der Waals surface area contributed by atoms with Crippen molar-refractivity contribution in [2.75, 3.05) is 5.32 Å². The Bertz CT molecular complexity index is 595. The van der Waals surface area contributed by atoms with E-state index in [4.69, 9.17) is 4.99 Å². The molecule has 0 unspecified atom stereocenters. The van der Waals surface area contributed by atoms with E-state index in [2.05, 4.69) is 54.9 Å². The number of rotatable bonds is 2. The second-order valence-corrected chi connectivity index (χ2v) is 14.6. The van der Waals surface area contributed by atoms with Gasteiger partial charge in [-0.1, -0.05) is 0 Å². The topological polar surface area (TPSA) is 24.4 Å². The van der Waals surface area contributed by atoms with Crippen molar-refractivity contribution in [1.82, 2.24) is 0 Å². The first kappa shape index (κ1) is 16.0. The van der Waals surface area contributed by atoms with Crippen molar-refractivity contribution in [1.29, 1.82) is 0 Å². The molecule has 3 rings (SSSR count). The molecule has 0 spiro atoms. The van der Waals surface area contributed by atoms with Gasteiger partial charge in [-0.2, -0.15) is 0 Å². The molecule has 0 radical (unpaired) electrons. The molecule has 2 aliphatic rings. The van der Waals surface area contributed by atoms with E-state index in [9.17, 15) is 0 Å². The van der Waals surface area contributed by atoms with Gasteiger partial charge in [0.25, 0.3) is 0 Å². The second-order valence-electron chi connectivity index (χ2n) is 7.37. The number of para-hydroxylation sites is 1. The first-order chi connectivity index (χ1) is 10.5. The zero-order valence-corrected chi connectivity index (χ0v) is 16.6. The van der Waals surface area contributed by atoms with E-state index in [1.54, 1.807) is 0 Å². The molecule has 1 aromatic carbocycles. The maximum absolute atomic E-state index is 5.08. The summed E-state index contributed by atoms with van der Waals surface area (Å²) in [5.74, 6) is 0. The molecule has 1 N–H and O–H groups in total. The van der Waals surface area contributed by atoms with Gasteiger partial charge < -0.3 is 0 Å². The Morgan fingerprint density at radius 3 is 2.59 bits per heavy atom. The summed E-state index contributed by atoms with van der Waals surface area (Å²) >= 11 is 0.325. The Labute approximate surface area is 141 Å². The summed E-state index contributed by atoms with van der Waals surface area (Å²) in [6.45, 7) is 7.25. The summed E-state index contributed by atoms with van der Waals surface area (Å²) in [4.78, 5) is 5.08. The predicted molar refractivity (Wildman–Crippen MR) is 101 cm³/mol. The van der Waals surface area contributed by atoms with Crippen molar-refractivity contribution in [2.24, 2.45) is 4.99 Å². The van der Waals surface area contributed by atoms with Crippen molar-refractivity contribution >= 4 is 37.9 Å². The number of amidine groups is 1. The zero-order chi connectivity index (χ0) is 15.6. The molecule has 0 aromatic heterocycles. The molecule has 2 nitrogen and oxygen atoms in total. The number of hydrogen-bond donors (Lipinski definition) is 1. The Hall–Kier alpha value is -0.834. The van der Waals surface area contributed by atoms with Gasteiger partial charge in [0.05, 0.1) is 0 Å². The Kier molecular flexibility index (Phi) is 4.91. The van der Waals surface area contributed by atoms with E-state index in [1.807, 2.05) is 0 Å². The van der Waals surface area contributed by atoms with Crippen LogP contribution in [0.2, 0.25) is 19.6 Å². The molecule has 1 aliphatic heterocycles. The van der Waals surface area contributed by atoms with Crippen LogP contribution in [0.15, 0.2) is 35.0 Å². The van der Waals surface area contributed by atoms with Gasteiger partial charge in [0, 0.05) is 0 Å². The molecule has 0 atom stereocenters. The first-order valence-electron chi connectivity index (χ1n) is 8.36. The standard InChI is InChI=1S/C18H26N2SeSi/c1-22(2,3)13-17-15-11-7-8-12-16(15)20-18(21-17)19-14-9-5-4-6-10-14/h7-8,11-14H,4-6,9-10H2,1-3H3,(H,19,20)/b17-13-. The molecule has 1 heterocycles. The van der Waals surface area contributed by atoms with E-state index >= 15 is 0 Å². The quantitative estimate of drug-likeness (QED) is 0.741. The normalized spacial score (nSPS) is 23.4. The van der Waals surface area contributed by atoms with Crippen LogP contribution in [-0.4, -0.2) is 33.8 Å². The maximum atomic E-state index is 5.08. The Balaban J connectivity index is 1.91. The van der Waals surface area contributed by atoms with E-state index in [1.165, 1.54) is 52.6 Å². The molecular formula is C18H26N2SeSi. The third-order valence-corrected chi connectivity index (χ3v) is 7.71. The Morgan fingerprint density at radius 1 is 1.14 bits per heavy atom. The van der Waals surface area contributed by atoms with Crippen molar-refractivity contribution in [3.8, 4) is 0 Å². The van der Waals surface area contributed by atoms with Gasteiger partial charge in [-0.25, -0.2) is 0 Å². The summed E-state index contributed by atoms with van der Waals surface area (Å²) in [6.07, 6.45) is 6.64. The fourth-order valence-electron chi connectivity index (χ4n) is 3.04. The van der Waals surface area contributed by atoms with Crippen LogP contribution in [0, 0.1) is 0 Å². The molecule has 118 valence electrons. The molecule has 1 fully saturated rings. The van der Waals surface area contributed by atoms with E-state index in [-0.39, 0.29) is 0 Å². The minimum absolute atomic E-state index is 0.325. The van der Waals surface area contributed by atoms with Crippen molar-refractivity contribution in [3.05, 3.63) is 35.5 Å². The predicted octanol–water partition coefficient (Wildman–Crippen LogP) is 4.72. The van der Waals surface area contributed by atoms with Crippen molar-refractivity contribution in [2.45, 2.75) is 57.8 Å². The molecule has 1 aliphatic carbocycles. The van der Waals surface area contributed by atoms with Gasteiger partial charge in [0.15, 0.2) is 0 Å². The van der Waals surface area contributed by atoms with Gasteiger partial charge in [-0.15, -0.1) is 0 Å². The number of anilines is 1. The monoisotopic (exact) mass is 378 g/mol. The minimum atomic E-state index is -1.22. The number of aliphatic imine (C=N–C) groups is 1. The van der Waals surface area contributed by atoms with E-state index in [0.717, 1.165) is 0 Å². The molecule has 0 amide bonds. The van der Waals surface area contributed by atoms with Crippen LogP contribution in [0.25, 0.3) is 4.47 Å². The summed E-state index contributed by atoms with van der Waals surface area (Å²) in [6, 6.07) is 9.27. The van der Waals surface area contributed by atoms with Gasteiger partial charge in [-0.05, 0) is 0 Å². The van der Waals surface area contributed by atoms with Crippen LogP contribution in [0.1, 0.15) is 37.7 Å². The third-order valence-electron chi connectivity index (χ3n) is 4.08. The number of hydrogen-bond acceptors (Lipinski definition) is 1. The molecule has 1 aromatic rings. The van der Waals surface area contributed by atoms with Gasteiger partial charge >= 0.3 is 142 Å². The van der Waals surface area contributed by atoms with Gasteiger partial charge in [0.2, 0.25) is 0 Å². The van der Waals surface area contributed by atoms with Crippen LogP contribution >= 0.6 is 0 Å². The first-order valence-corrected chi connectivity index (χ1v) is 13.7. The average Bonchev–Trinajstić information content (AvgIpc) is 2.47. The summed E-state index contributed by atoms with van der Waals surface area (Å²) in [5.41, 5.74) is 5.21. The number of fused-ring (bicyclic) bond motifs is 1. The van der Waals surface area contributed by atoms with Crippen LogP contribution in [-0.2, 0) is 0 Å². The van der Waals surface area contributed by atoms with Crippen LogP contribution < -0.4 is 5.32 Å². The molecule has 0 saturated heterocycles. The summed E-state index contributed by atoms with van der Waals surface area (Å²) in [5, 5.41) is 3.61. The molecule has 4 heteroatoms. The van der Waals surface area contributed by atoms with Gasteiger partial charge in [0.1, 0.15) is 0 Å². The summed E-state index contributed by atoms with van der Waals surface area (Å²) < 4.78 is 2.78. The number of nitrogens with one attached hydrogen (secondary N) is 1. The van der Waals surface area contributed by atoms with E-state index < -0.39 is 8.07 Å². The number of benzene rings is 1. The zero-order valence-electron chi connectivity index (χ0n) is 13.9. The average molecular weight is 377 g/mol. The second kappa shape index (κ2) is 6.73. The van der Waals surface area contributed by atoms with Gasteiger partial charge in [-0.3, -0.25) is 0 Å². The fraction of sp³-hybridized carbons (Fsp3) is 0.500. The van der Waals surface area contributed by atoms with Crippen molar-refractivity contribution < 1.29 is 0 Å². The molecular weight excluding hydrogens is 351 g/mol. The van der Waals surface area contributed by atoms with Crippen LogP contribution in [0.3, 0.4) is 0 Å². The van der Waals surface area contributed by atoms with E-state index in [0.29, 0.717) is 21.0 Å². The SMILES string of the molecule is C[Si](C)(C)/C=C1\[Se]C(=NC2CCCCC2)Nc2ccccc21. The molecule has 22 heavy (non-hydrogen) atoms. The van der Waals surface area contributed by atoms with Crippen molar-refractivity contribution in [3.63, 3.8) is 0 Å². The fourth-order valence-corrected chi connectivity index (χ4v) is 8.44. The number of nitrogens with zero attached hydrogens (tertiary/aromatic N) is 1. The third kappa shape index (κ3) is 4.12. The Morgan fingerprint density at radius 2 is 1.86 bits per heavy atom. The van der Waals surface area contributed by atoms with Crippen LogP contribution in [0.5, 0.6) is 0 Å². The summed E-state index contributed by atoms with van der Waals surface area (Å²) in [7, 11) is -1.22.